The van der Waals surface area contributed by atoms with Gasteiger partial charge in [-0.1, -0.05) is 6.07 Å². The molecule has 3 rings (SSSR count). The topological polar surface area (TPSA) is 32.8 Å². The highest BCUT2D eigenvalue weighted by Crippen LogP contribution is 2.31. The fraction of sp³-hybridized carbons (Fsp3) is 0.562. The summed E-state index contributed by atoms with van der Waals surface area (Å²) in [5, 5.41) is 0. The number of ether oxygens (including phenoxy) is 1. The molecule has 0 aromatic heterocycles. The summed E-state index contributed by atoms with van der Waals surface area (Å²) in [5.74, 6) is 1.82. The number of carbonyl (C=O) groups excluding carboxylic acids is 1. The zero-order valence-corrected chi connectivity index (χ0v) is 12.2. The van der Waals surface area contributed by atoms with Crippen molar-refractivity contribution in [1.82, 2.24) is 4.90 Å². The summed E-state index contributed by atoms with van der Waals surface area (Å²) < 4.78 is 5.25. The lowest BCUT2D eigenvalue weighted by molar-refractivity contribution is -0.122. The Balaban J connectivity index is 1.74. The minimum atomic E-state index is 0.192. The molecule has 1 saturated heterocycles. The molecule has 1 amide bonds. The fourth-order valence-corrected chi connectivity index (χ4v) is 3.00. The van der Waals surface area contributed by atoms with Crippen molar-refractivity contribution in [2.24, 2.45) is 5.92 Å². The highest BCUT2D eigenvalue weighted by Gasteiger charge is 2.33. The normalized spacial score (nSPS) is 24.0. The van der Waals surface area contributed by atoms with Crippen LogP contribution in [0.5, 0.6) is 5.75 Å². The second-order valence-corrected chi connectivity index (χ2v) is 5.95. The maximum Gasteiger partial charge on any atom is 0.241 e. The average molecular weight is 274 g/mol. The maximum absolute atomic E-state index is 12.5. The highest BCUT2D eigenvalue weighted by atomic mass is 16.5. The summed E-state index contributed by atoms with van der Waals surface area (Å²) in [4.78, 5) is 16.7. The molecule has 1 heterocycles. The van der Waals surface area contributed by atoms with Crippen molar-refractivity contribution in [3.8, 4) is 5.75 Å². The van der Waals surface area contributed by atoms with E-state index in [-0.39, 0.29) is 11.9 Å². The zero-order chi connectivity index (χ0) is 14.1. The number of amides is 1. The summed E-state index contributed by atoms with van der Waals surface area (Å²) in [5.41, 5.74) is 0.938. The minimum absolute atomic E-state index is 0.192. The number of methoxy groups -OCH3 is 1. The van der Waals surface area contributed by atoms with Gasteiger partial charge in [0.25, 0.3) is 0 Å². The highest BCUT2D eigenvalue weighted by molar-refractivity contribution is 5.96. The van der Waals surface area contributed by atoms with Crippen LogP contribution in [-0.2, 0) is 4.79 Å². The van der Waals surface area contributed by atoms with E-state index in [4.69, 9.17) is 4.74 Å². The third kappa shape index (κ3) is 2.80. The first-order valence-corrected chi connectivity index (χ1v) is 7.36. The predicted octanol–water partition coefficient (Wildman–Crippen LogP) is 2.14. The van der Waals surface area contributed by atoms with Crippen molar-refractivity contribution < 1.29 is 9.53 Å². The molecule has 0 N–H and O–H groups in total. The average Bonchev–Trinajstić information content (AvgIpc) is 3.22. The number of hydrogen-bond acceptors (Lipinski definition) is 3. The lowest BCUT2D eigenvalue weighted by atomic mass is 10.1. The lowest BCUT2D eigenvalue weighted by Crippen LogP contribution is -2.55. The zero-order valence-electron chi connectivity index (χ0n) is 12.2. The number of carbonyl (C=O) groups is 1. The molecule has 0 spiro atoms. The Morgan fingerprint density at radius 3 is 2.80 bits per heavy atom. The van der Waals surface area contributed by atoms with Crippen molar-refractivity contribution >= 4 is 11.6 Å². The van der Waals surface area contributed by atoms with E-state index in [1.165, 1.54) is 12.8 Å². The number of nitrogens with zero attached hydrogens (tertiary/aromatic N) is 2. The van der Waals surface area contributed by atoms with Crippen molar-refractivity contribution in [3.05, 3.63) is 24.3 Å². The van der Waals surface area contributed by atoms with Crippen LogP contribution in [0.25, 0.3) is 0 Å². The van der Waals surface area contributed by atoms with Crippen molar-refractivity contribution in [2.75, 3.05) is 31.6 Å². The van der Waals surface area contributed by atoms with Gasteiger partial charge >= 0.3 is 0 Å². The Hall–Kier alpha value is -1.55. The van der Waals surface area contributed by atoms with Gasteiger partial charge in [-0.25, -0.2) is 0 Å². The van der Waals surface area contributed by atoms with Gasteiger partial charge in [0.15, 0.2) is 0 Å². The largest absolute Gasteiger partial charge is 0.497 e. The van der Waals surface area contributed by atoms with Crippen LogP contribution in [-0.4, -0.2) is 43.6 Å². The molecule has 20 heavy (non-hydrogen) atoms. The van der Waals surface area contributed by atoms with E-state index in [9.17, 15) is 4.79 Å². The Morgan fingerprint density at radius 2 is 2.15 bits per heavy atom. The number of piperazine rings is 1. The summed E-state index contributed by atoms with van der Waals surface area (Å²) >= 11 is 0. The molecule has 1 aliphatic carbocycles. The molecule has 1 aromatic carbocycles. The SMILES string of the molecule is COc1cccc(N2C(=O)CN(CC3CC3)C[C@@H]2C)c1. The Bertz CT molecular complexity index is 499. The molecule has 0 radical (unpaired) electrons. The molecule has 4 nitrogen and oxygen atoms in total. The van der Waals surface area contributed by atoms with Gasteiger partial charge in [-0.15, -0.1) is 0 Å². The quantitative estimate of drug-likeness (QED) is 0.843. The molecule has 1 atom stereocenters. The molecular weight excluding hydrogens is 252 g/mol. The van der Waals surface area contributed by atoms with Gasteiger partial charge in [0, 0.05) is 30.9 Å². The first-order valence-electron chi connectivity index (χ1n) is 7.36. The van der Waals surface area contributed by atoms with Gasteiger partial charge < -0.3 is 9.64 Å². The second-order valence-electron chi connectivity index (χ2n) is 5.95. The fourth-order valence-electron chi connectivity index (χ4n) is 3.00. The van der Waals surface area contributed by atoms with Gasteiger partial charge in [-0.2, -0.15) is 0 Å². The Labute approximate surface area is 120 Å². The van der Waals surface area contributed by atoms with Gasteiger partial charge in [-0.3, -0.25) is 9.69 Å². The Morgan fingerprint density at radius 1 is 1.35 bits per heavy atom. The van der Waals surface area contributed by atoms with Crippen LogP contribution >= 0.6 is 0 Å². The van der Waals surface area contributed by atoms with Crippen LogP contribution < -0.4 is 9.64 Å². The Kier molecular flexibility index (Phi) is 3.66. The van der Waals surface area contributed by atoms with Gasteiger partial charge in [0.1, 0.15) is 5.75 Å². The number of anilines is 1. The summed E-state index contributed by atoms with van der Waals surface area (Å²) in [6, 6.07) is 7.97. The molecule has 108 valence electrons. The molecule has 2 fully saturated rings. The van der Waals surface area contributed by atoms with Crippen LogP contribution in [0.4, 0.5) is 5.69 Å². The van der Waals surface area contributed by atoms with Crippen LogP contribution in [0, 0.1) is 5.92 Å². The van der Waals surface area contributed by atoms with E-state index < -0.39 is 0 Å². The van der Waals surface area contributed by atoms with Gasteiger partial charge in [0.05, 0.1) is 13.7 Å². The first kappa shape index (κ1) is 13.4. The summed E-state index contributed by atoms with van der Waals surface area (Å²) in [6.07, 6.45) is 2.66. The third-order valence-electron chi connectivity index (χ3n) is 4.14. The molecule has 1 aromatic rings. The van der Waals surface area contributed by atoms with Gasteiger partial charge in [-0.05, 0) is 37.8 Å². The first-order chi connectivity index (χ1) is 9.67. The van der Waals surface area contributed by atoms with E-state index in [2.05, 4.69) is 11.8 Å². The standard InChI is InChI=1S/C16H22N2O2/c1-12-9-17(10-13-6-7-13)11-16(19)18(12)14-4-3-5-15(8-14)20-2/h3-5,8,12-13H,6-7,9-11H2,1-2H3/t12-/m0/s1. The van der Waals surface area contributed by atoms with Crippen molar-refractivity contribution in [1.29, 1.82) is 0 Å². The van der Waals surface area contributed by atoms with Gasteiger partial charge in [0.2, 0.25) is 5.91 Å². The molecule has 1 saturated carbocycles. The lowest BCUT2D eigenvalue weighted by Gasteiger charge is -2.39. The summed E-state index contributed by atoms with van der Waals surface area (Å²) in [6.45, 7) is 4.70. The van der Waals surface area contributed by atoms with Crippen LogP contribution in [0.15, 0.2) is 24.3 Å². The number of hydrogen-bond donors (Lipinski definition) is 0. The van der Waals surface area contributed by atoms with E-state index in [1.54, 1.807) is 7.11 Å². The van der Waals surface area contributed by atoms with Crippen molar-refractivity contribution in [2.45, 2.75) is 25.8 Å². The smallest absolute Gasteiger partial charge is 0.241 e. The van der Waals surface area contributed by atoms with E-state index >= 15 is 0 Å². The minimum Gasteiger partial charge on any atom is -0.497 e. The molecule has 0 unspecified atom stereocenters. The van der Waals surface area contributed by atoms with E-state index in [0.717, 1.165) is 30.4 Å². The molecule has 2 aliphatic rings. The van der Waals surface area contributed by atoms with Crippen LogP contribution in [0.3, 0.4) is 0 Å². The molecule has 4 heteroatoms. The molecule has 0 bridgehead atoms. The third-order valence-corrected chi connectivity index (χ3v) is 4.14. The van der Waals surface area contributed by atoms with Crippen molar-refractivity contribution in [3.63, 3.8) is 0 Å². The molecule has 1 aliphatic heterocycles. The monoisotopic (exact) mass is 274 g/mol. The predicted molar refractivity (Wildman–Crippen MR) is 79.1 cm³/mol. The van der Waals surface area contributed by atoms with Crippen LogP contribution in [0.1, 0.15) is 19.8 Å². The summed E-state index contributed by atoms with van der Waals surface area (Å²) in [7, 11) is 1.65. The second kappa shape index (κ2) is 5.44. The number of benzene rings is 1. The van der Waals surface area contributed by atoms with E-state index in [1.807, 2.05) is 29.2 Å². The number of rotatable bonds is 4. The maximum atomic E-state index is 12.5. The van der Waals surface area contributed by atoms with Crippen LogP contribution in [0.2, 0.25) is 0 Å². The van der Waals surface area contributed by atoms with E-state index in [0.29, 0.717) is 6.54 Å². The molecular formula is C16H22N2O2.